The zero-order valence-electron chi connectivity index (χ0n) is 14.3. The number of aromatic nitrogens is 2. The second-order valence-electron chi connectivity index (χ2n) is 5.87. The second-order valence-corrected chi connectivity index (χ2v) is 7.33. The summed E-state index contributed by atoms with van der Waals surface area (Å²) in [5, 5.41) is 6.98. The van der Waals surface area contributed by atoms with Gasteiger partial charge in [0.05, 0.1) is 6.04 Å². The van der Waals surface area contributed by atoms with Crippen molar-refractivity contribution in [3.05, 3.63) is 33.1 Å². The zero-order chi connectivity index (χ0) is 16.8. The molecule has 0 radical (unpaired) electrons. The molecular formula is C17H25N3O2S. The number of nitrogens with one attached hydrogen (secondary N) is 1. The van der Waals surface area contributed by atoms with Crippen molar-refractivity contribution in [3.8, 4) is 0 Å². The lowest BCUT2D eigenvalue weighted by molar-refractivity contribution is -0.121. The molecule has 0 saturated carbocycles. The highest BCUT2D eigenvalue weighted by atomic mass is 32.1. The topological polar surface area (TPSA) is 68.0 Å². The molecule has 0 spiro atoms. The van der Waals surface area contributed by atoms with Gasteiger partial charge >= 0.3 is 0 Å². The maximum absolute atomic E-state index is 12.1. The van der Waals surface area contributed by atoms with Crippen molar-refractivity contribution in [1.29, 1.82) is 0 Å². The number of hydrogen-bond acceptors (Lipinski definition) is 5. The number of nitrogens with zero attached hydrogens (tertiary/aromatic N) is 2. The van der Waals surface area contributed by atoms with E-state index in [1.54, 1.807) is 11.3 Å². The van der Waals surface area contributed by atoms with Gasteiger partial charge in [0.1, 0.15) is 0 Å². The Hall–Kier alpha value is -1.69. The van der Waals surface area contributed by atoms with Crippen LogP contribution in [0.15, 0.2) is 10.6 Å². The van der Waals surface area contributed by atoms with Crippen LogP contribution in [0.25, 0.3) is 0 Å². The molecule has 2 aromatic heterocycles. The van der Waals surface area contributed by atoms with Gasteiger partial charge in [-0.25, -0.2) is 0 Å². The van der Waals surface area contributed by atoms with Crippen LogP contribution in [0.5, 0.6) is 0 Å². The number of carbonyl (C=O) groups excluding carboxylic acids is 1. The summed E-state index contributed by atoms with van der Waals surface area (Å²) in [5.41, 5.74) is 1.21. The van der Waals surface area contributed by atoms with Crippen LogP contribution < -0.4 is 5.32 Å². The fourth-order valence-corrected chi connectivity index (χ4v) is 3.61. The molecule has 1 N–H and O–H groups in total. The summed E-state index contributed by atoms with van der Waals surface area (Å²) in [5.74, 6) is 1.44. The molecule has 0 aromatic carbocycles. The number of amides is 1. The predicted octanol–water partition coefficient (Wildman–Crippen LogP) is 3.90. The first-order valence-electron chi connectivity index (χ1n) is 8.17. The average Bonchev–Trinajstić information content (AvgIpc) is 3.05. The minimum atomic E-state index is 0.0482. The van der Waals surface area contributed by atoms with Gasteiger partial charge in [-0.2, -0.15) is 4.98 Å². The SMILES string of the molecule is CCCc1noc(CCCC(=O)NC(C)c2cc(C)sc2C)n1. The van der Waals surface area contributed by atoms with Gasteiger partial charge in [0.2, 0.25) is 11.8 Å². The van der Waals surface area contributed by atoms with Crippen LogP contribution in [-0.2, 0) is 17.6 Å². The van der Waals surface area contributed by atoms with E-state index in [2.05, 4.69) is 42.3 Å². The van der Waals surface area contributed by atoms with Gasteiger partial charge < -0.3 is 9.84 Å². The first kappa shape index (κ1) is 17.7. The smallest absolute Gasteiger partial charge is 0.226 e. The van der Waals surface area contributed by atoms with Gasteiger partial charge in [0.25, 0.3) is 0 Å². The largest absolute Gasteiger partial charge is 0.350 e. The van der Waals surface area contributed by atoms with E-state index in [-0.39, 0.29) is 11.9 Å². The van der Waals surface area contributed by atoms with Crippen LogP contribution in [0.4, 0.5) is 0 Å². The number of aryl methyl sites for hydroxylation is 4. The van der Waals surface area contributed by atoms with Crippen molar-refractivity contribution < 1.29 is 9.32 Å². The van der Waals surface area contributed by atoms with Gasteiger partial charge in [0.15, 0.2) is 5.82 Å². The summed E-state index contributed by atoms with van der Waals surface area (Å²) in [6.45, 7) is 8.30. The summed E-state index contributed by atoms with van der Waals surface area (Å²) in [7, 11) is 0. The molecule has 2 rings (SSSR count). The van der Waals surface area contributed by atoms with Crippen LogP contribution in [0.3, 0.4) is 0 Å². The molecule has 5 nitrogen and oxygen atoms in total. The third-order valence-electron chi connectivity index (χ3n) is 3.70. The fourth-order valence-electron chi connectivity index (χ4n) is 2.59. The van der Waals surface area contributed by atoms with E-state index < -0.39 is 0 Å². The lowest BCUT2D eigenvalue weighted by atomic mass is 10.1. The number of rotatable bonds is 8. The van der Waals surface area contributed by atoms with Gasteiger partial charge in [-0.1, -0.05) is 12.1 Å². The first-order valence-corrected chi connectivity index (χ1v) is 8.99. The molecular weight excluding hydrogens is 310 g/mol. The number of carbonyl (C=O) groups is 1. The van der Waals surface area contributed by atoms with E-state index in [4.69, 9.17) is 4.52 Å². The zero-order valence-corrected chi connectivity index (χ0v) is 15.1. The van der Waals surface area contributed by atoms with Crippen LogP contribution in [0.1, 0.15) is 66.2 Å². The Morgan fingerprint density at radius 1 is 1.39 bits per heavy atom. The molecule has 126 valence electrons. The summed E-state index contributed by atoms with van der Waals surface area (Å²) in [4.78, 5) is 18.9. The molecule has 1 unspecified atom stereocenters. The Kier molecular flexibility index (Phi) is 6.33. The van der Waals surface area contributed by atoms with Gasteiger partial charge in [-0.15, -0.1) is 11.3 Å². The average molecular weight is 335 g/mol. The highest BCUT2D eigenvalue weighted by Crippen LogP contribution is 2.26. The maximum atomic E-state index is 12.1. The van der Waals surface area contributed by atoms with Crippen LogP contribution in [0, 0.1) is 13.8 Å². The minimum absolute atomic E-state index is 0.0482. The van der Waals surface area contributed by atoms with Crippen molar-refractivity contribution in [2.45, 2.75) is 65.8 Å². The monoisotopic (exact) mass is 335 g/mol. The van der Waals surface area contributed by atoms with E-state index in [1.165, 1.54) is 15.3 Å². The van der Waals surface area contributed by atoms with Crippen LogP contribution in [0.2, 0.25) is 0 Å². The Morgan fingerprint density at radius 2 is 2.17 bits per heavy atom. The third kappa shape index (κ3) is 5.16. The number of hydrogen-bond donors (Lipinski definition) is 1. The Morgan fingerprint density at radius 3 is 2.83 bits per heavy atom. The van der Waals surface area contributed by atoms with Gasteiger partial charge in [-0.05, 0) is 45.2 Å². The molecule has 0 fully saturated rings. The quantitative estimate of drug-likeness (QED) is 0.794. The van der Waals surface area contributed by atoms with E-state index in [9.17, 15) is 4.79 Å². The first-order chi connectivity index (χ1) is 11.0. The molecule has 2 heterocycles. The van der Waals surface area contributed by atoms with Crippen molar-refractivity contribution in [1.82, 2.24) is 15.5 Å². The normalized spacial score (nSPS) is 12.3. The van der Waals surface area contributed by atoms with Crippen molar-refractivity contribution in [2.24, 2.45) is 0 Å². The Balaban J connectivity index is 1.75. The summed E-state index contributed by atoms with van der Waals surface area (Å²) >= 11 is 1.77. The molecule has 2 aromatic rings. The standard InChI is InChI=1S/C17H25N3O2S/c1-5-7-15-19-17(22-20-15)9-6-8-16(21)18-12(3)14-10-11(2)23-13(14)4/h10,12H,5-9H2,1-4H3,(H,18,21). The summed E-state index contributed by atoms with van der Waals surface area (Å²) < 4.78 is 5.18. The van der Waals surface area contributed by atoms with Crippen molar-refractivity contribution >= 4 is 17.2 Å². The molecule has 1 amide bonds. The predicted molar refractivity (Wildman–Crippen MR) is 91.6 cm³/mol. The van der Waals surface area contributed by atoms with E-state index in [0.29, 0.717) is 25.2 Å². The minimum Gasteiger partial charge on any atom is -0.350 e. The molecule has 1 atom stereocenters. The summed E-state index contributed by atoms with van der Waals surface area (Å²) in [6.07, 6.45) is 3.67. The summed E-state index contributed by atoms with van der Waals surface area (Å²) in [6, 6.07) is 2.20. The third-order valence-corrected chi connectivity index (χ3v) is 4.68. The highest BCUT2D eigenvalue weighted by Gasteiger charge is 2.14. The van der Waals surface area contributed by atoms with E-state index in [0.717, 1.165) is 18.7 Å². The van der Waals surface area contributed by atoms with E-state index in [1.807, 2.05) is 6.92 Å². The Labute approximate surface area is 141 Å². The lowest BCUT2D eigenvalue weighted by Gasteiger charge is -2.13. The molecule has 0 aliphatic rings. The van der Waals surface area contributed by atoms with Crippen LogP contribution in [-0.4, -0.2) is 16.0 Å². The lowest BCUT2D eigenvalue weighted by Crippen LogP contribution is -2.26. The molecule has 6 heteroatoms. The van der Waals surface area contributed by atoms with Crippen molar-refractivity contribution in [3.63, 3.8) is 0 Å². The second kappa shape index (κ2) is 8.24. The van der Waals surface area contributed by atoms with E-state index >= 15 is 0 Å². The van der Waals surface area contributed by atoms with Gasteiger partial charge in [0, 0.05) is 29.0 Å². The molecule has 0 aliphatic heterocycles. The maximum Gasteiger partial charge on any atom is 0.226 e. The fraction of sp³-hybridized carbons (Fsp3) is 0.588. The molecule has 0 aliphatic carbocycles. The molecule has 0 saturated heterocycles. The van der Waals surface area contributed by atoms with Gasteiger partial charge in [-0.3, -0.25) is 4.79 Å². The Bertz CT molecular complexity index is 648. The molecule has 0 bridgehead atoms. The van der Waals surface area contributed by atoms with Crippen molar-refractivity contribution in [2.75, 3.05) is 0 Å². The van der Waals surface area contributed by atoms with Crippen LogP contribution >= 0.6 is 11.3 Å². The molecule has 23 heavy (non-hydrogen) atoms. The highest BCUT2D eigenvalue weighted by molar-refractivity contribution is 7.12. The number of thiophene rings is 1.